The van der Waals surface area contributed by atoms with E-state index in [1.54, 1.807) is 6.07 Å². The Labute approximate surface area is 115 Å². The average Bonchev–Trinajstić information content (AvgIpc) is 2.76. The maximum atomic E-state index is 13.7. The van der Waals surface area contributed by atoms with Crippen LogP contribution in [0.1, 0.15) is 30.8 Å². The second kappa shape index (κ2) is 5.65. The Morgan fingerprint density at radius 1 is 1.22 bits per heavy atom. The molecule has 0 atom stereocenters. The molecule has 4 heteroatoms. The van der Waals surface area contributed by atoms with E-state index in [0.29, 0.717) is 12.1 Å². The third-order valence-electron chi connectivity index (χ3n) is 2.97. The normalized spacial score (nSPS) is 10.9. The molecule has 2 nitrogen and oxygen atoms in total. The molecule has 18 heavy (non-hydrogen) atoms. The Bertz CT molecular complexity index is 549. The first-order chi connectivity index (χ1) is 8.63. The molecule has 0 saturated heterocycles. The SMILES string of the molecule is CCc1cc(CC)n(Cc2cc(Br)ccc2F)n1. The molecule has 0 radical (unpaired) electrons. The molecule has 1 aromatic heterocycles. The zero-order valence-corrected chi connectivity index (χ0v) is 12.2. The van der Waals surface area contributed by atoms with Gasteiger partial charge in [-0.1, -0.05) is 29.8 Å². The van der Waals surface area contributed by atoms with Gasteiger partial charge in [-0.15, -0.1) is 0 Å². The van der Waals surface area contributed by atoms with Gasteiger partial charge in [0.2, 0.25) is 0 Å². The predicted octanol–water partition coefficient (Wildman–Crippen LogP) is 3.96. The summed E-state index contributed by atoms with van der Waals surface area (Å²) < 4.78 is 16.5. The smallest absolute Gasteiger partial charge is 0.128 e. The van der Waals surface area contributed by atoms with Gasteiger partial charge in [0.25, 0.3) is 0 Å². The van der Waals surface area contributed by atoms with Crippen LogP contribution in [-0.2, 0) is 19.4 Å². The van der Waals surface area contributed by atoms with E-state index in [4.69, 9.17) is 0 Å². The first-order valence-corrected chi connectivity index (χ1v) is 6.92. The van der Waals surface area contributed by atoms with Crippen LogP contribution in [0.2, 0.25) is 0 Å². The zero-order chi connectivity index (χ0) is 13.1. The van der Waals surface area contributed by atoms with Crippen molar-refractivity contribution in [3.63, 3.8) is 0 Å². The van der Waals surface area contributed by atoms with Crippen LogP contribution in [0.5, 0.6) is 0 Å². The maximum Gasteiger partial charge on any atom is 0.128 e. The minimum absolute atomic E-state index is 0.186. The van der Waals surface area contributed by atoms with Crippen molar-refractivity contribution in [2.75, 3.05) is 0 Å². The minimum Gasteiger partial charge on any atom is -0.265 e. The lowest BCUT2D eigenvalue weighted by molar-refractivity contribution is 0.573. The van der Waals surface area contributed by atoms with E-state index in [0.717, 1.165) is 28.7 Å². The van der Waals surface area contributed by atoms with Gasteiger partial charge in [-0.3, -0.25) is 4.68 Å². The van der Waals surface area contributed by atoms with E-state index >= 15 is 0 Å². The first kappa shape index (κ1) is 13.3. The number of halogens is 2. The fraction of sp³-hybridized carbons (Fsp3) is 0.357. The molecule has 0 aliphatic carbocycles. The molecule has 0 aliphatic rings. The summed E-state index contributed by atoms with van der Waals surface area (Å²) in [4.78, 5) is 0. The Balaban J connectivity index is 2.32. The van der Waals surface area contributed by atoms with Gasteiger partial charge in [0.05, 0.1) is 12.2 Å². The van der Waals surface area contributed by atoms with Crippen LogP contribution in [0.15, 0.2) is 28.7 Å². The van der Waals surface area contributed by atoms with Gasteiger partial charge < -0.3 is 0 Å². The topological polar surface area (TPSA) is 17.8 Å². The number of aromatic nitrogens is 2. The Kier molecular flexibility index (Phi) is 4.17. The molecular formula is C14H16BrFN2. The van der Waals surface area contributed by atoms with Crippen LogP contribution in [0.25, 0.3) is 0 Å². The van der Waals surface area contributed by atoms with E-state index < -0.39 is 0 Å². The third-order valence-corrected chi connectivity index (χ3v) is 3.46. The zero-order valence-electron chi connectivity index (χ0n) is 10.6. The van der Waals surface area contributed by atoms with Gasteiger partial charge in [0, 0.05) is 15.7 Å². The molecular weight excluding hydrogens is 295 g/mol. The lowest BCUT2D eigenvalue weighted by atomic mass is 10.2. The van der Waals surface area contributed by atoms with Crippen LogP contribution < -0.4 is 0 Å². The molecule has 0 fully saturated rings. The molecule has 2 aromatic rings. The van der Waals surface area contributed by atoms with E-state index in [1.165, 1.54) is 6.07 Å². The van der Waals surface area contributed by atoms with Crippen LogP contribution >= 0.6 is 15.9 Å². The molecule has 96 valence electrons. The summed E-state index contributed by atoms with van der Waals surface area (Å²) in [6.07, 6.45) is 1.81. The van der Waals surface area contributed by atoms with E-state index in [1.807, 2.05) is 10.7 Å². The summed E-state index contributed by atoms with van der Waals surface area (Å²) in [5, 5.41) is 4.50. The number of rotatable bonds is 4. The first-order valence-electron chi connectivity index (χ1n) is 6.13. The third kappa shape index (κ3) is 2.80. The lowest BCUT2D eigenvalue weighted by Gasteiger charge is -2.07. The number of benzene rings is 1. The molecule has 0 amide bonds. The molecule has 0 bridgehead atoms. The van der Waals surface area contributed by atoms with Gasteiger partial charge >= 0.3 is 0 Å². The highest BCUT2D eigenvalue weighted by Gasteiger charge is 2.09. The molecule has 0 saturated carbocycles. The average molecular weight is 311 g/mol. The van der Waals surface area contributed by atoms with E-state index in [-0.39, 0.29) is 5.82 Å². The van der Waals surface area contributed by atoms with Gasteiger partial charge in [-0.25, -0.2) is 4.39 Å². The highest BCUT2D eigenvalue weighted by molar-refractivity contribution is 9.10. The fourth-order valence-corrected chi connectivity index (χ4v) is 2.34. The largest absolute Gasteiger partial charge is 0.265 e. The summed E-state index contributed by atoms with van der Waals surface area (Å²) in [7, 11) is 0. The van der Waals surface area contributed by atoms with E-state index in [9.17, 15) is 4.39 Å². The van der Waals surface area contributed by atoms with Crippen molar-refractivity contribution in [1.82, 2.24) is 9.78 Å². The van der Waals surface area contributed by atoms with Gasteiger partial charge in [-0.05, 0) is 37.1 Å². The van der Waals surface area contributed by atoms with Crippen molar-refractivity contribution < 1.29 is 4.39 Å². The molecule has 1 heterocycles. The summed E-state index contributed by atoms with van der Waals surface area (Å²) in [5.74, 6) is -0.186. The van der Waals surface area contributed by atoms with Crippen molar-refractivity contribution in [1.29, 1.82) is 0 Å². The van der Waals surface area contributed by atoms with Crippen LogP contribution in [0.4, 0.5) is 4.39 Å². The minimum atomic E-state index is -0.186. The number of nitrogens with zero attached hydrogens (tertiary/aromatic N) is 2. The van der Waals surface area contributed by atoms with Crippen molar-refractivity contribution in [3.05, 3.63) is 51.5 Å². The highest BCUT2D eigenvalue weighted by atomic mass is 79.9. The Morgan fingerprint density at radius 3 is 2.67 bits per heavy atom. The van der Waals surface area contributed by atoms with Crippen LogP contribution in [0.3, 0.4) is 0 Å². The molecule has 1 aromatic carbocycles. The second-order valence-corrected chi connectivity index (χ2v) is 5.14. The van der Waals surface area contributed by atoms with Crippen molar-refractivity contribution in [2.24, 2.45) is 0 Å². The van der Waals surface area contributed by atoms with Crippen molar-refractivity contribution >= 4 is 15.9 Å². The highest BCUT2D eigenvalue weighted by Crippen LogP contribution is 2.17. The number of aryl methyl sites for hydroxylation is 2. The lowest BCUT2D eigenvalue weighted by Crippen LogP contribution is -2.07. The summed E-state index contributed by atoms with van der Waals surface area (Å²) >= 11 is 3.37. The molecule has 0 aliphatic heterocycles. The summed E-state index contributed by atoms with van der Waals surface area (Å²) in [5.41, 5.74) is 2.86. The standard InChI is InChI=1S/C14H16BrFN2/c1-3-12-8-13(4-2)18(17-12)9-10-7-11(15)5-6-14(10)16/h5-8H,3-4,9H2,1-2H3. The molecule has 2 rings (SSSR count). The van der Waals surface area contributed by atoms with E-state index in [2.05, 4.69) is 40.9 Å². The monoisotopic (exact) mass is 310 g/mol. The predicted molar refractivity (Wildman–Crippen MR) is 74.2 cm³/mol. The molecule has 0 spiro atoms. The second-order valence-electron chi connectivity index (χ2n) is 4.23. The number of hydrogen-bond donors (Lipinski definition) is 0. The van der Waals surface area contributed by atoms with Crippen LogP contribution in [-0.4, -0.2) is 9.78 Å². The molecule has 0 unspecified atom stereocenters. The Morgan fingerprint density at radius 2 is 2.00 bits per heavy atom. The van der Waals surface area contributed by atoms with Gasteiger partial charge in [0.15, 0.2) is 0 Å². The van der Waals surface area contributed by atoms with Gasteiger partial charge in [-0.2, -0.15) is 5.10 Å². The van der Waals surface area contributed by atoms with Gasteiger partial charge in [0.1, 0.15) is 5.82 Å². The number of hydrogen-bond acceptors (Lipinski definition) is 1. The summed E-state index contributed by atoms with van der Waals surface area (Å²) in [6, 6.07) is 7.09. The molecule has 0 N–H and O–H groups in total. The van der Waals surface area contributed by atoms with Crippen LogP contribution in [0, 0.1) is 5.82 Å². The Hall–Kier alpha value is -1.16. The maximum absolute atomic E-state index is 13.7. The summed E-state index contributed by atoms with van der Waals surface area (Å²) in [6.45, 7) is 4.64. The quantitative estimate of drug-likeness (QED) is 0.836. The van der Waals surface area contributed by atoms with Crippen molar-refractivity contribution in [2.45, 2.75) is 33.2 Å². The van der Waals surface area contributed by atoms with Crippen molar-refractivity contribution in [3.8, 4) is 0 Å². The fourth-order valence-electron chi connectivity index (χ4n) is 1.94.